The summed E-state index contributed by atoms with van der Waals surface area (Å²) in [5, 5.41) is 3.48. The Morgan fingerprint density at radius 3 is 2.38 bits per heavy atom. The van der Waals surface area contributed by atoms with Crippen LogP contribution in [0.15, 0.2) is 12.1 Å². The molecule has 0 saturated heterocycles. The van der Waals surface area contributed by atoms with Crippen molar-refractivity contribution in [1.29, 1.82) is 0 Å². The molecule has 1 aromatic rings. The van der Waals surface area contributed by atoms with Gasteiger partial charge in [0.15, 0.2) is 0 Å². The minimum atomic E-state index is 0.449. The molecule has 21 heavy (non-hydrogen) atoms. The Labute approximate surface area is 130 Å². The second-order valence-corrected chi connectivity index (χ2v) is 6.41. The smallest absolute Gasteiger partial charge is 0.129 e. The van der Waals surface area contributed by atoms with Crippen molar-refractivity contribution in [3.05, 3.63) is 23.4 Å². The summed E-state index contributed by atoms with van der Waals surface area (Å²) in [6.45, 7) is 13.8. The Balaban J connectivity index is 2.92. The molecule has 1 aromatic heterocycles. The van der Waals surface area contributed by atoms with Crippen molar-refractivity contribution in [3.8, 4) is 0 Å². The van der Waals surface area contributed by atoms with Crippen LogP contribution in [0.1, 0.15) is 39.0 Å². The molecule has 0 aliphatic carbocycles. The molecular formula is C17H32N4. The Morgan fingerprint density at radius 2 is 1.86 bits per heavy atom. The van der Waals surface area contributed by atoms with Crippen molar-refractivity contribution in [2.24, 2.45) is 0 Å². The lowest BCUT2D eigenvalue weighted by Crippen LogP contribution is -2.40. The molecule has 0 fully saturated rings. The summed E-state index contributed by atoms with van der Waals surface area (Å²) < 4.78 is 0. The van der Waals surface area contributed by atoms with E-state index >= 15 is 0 Å². The van der Waals surface area contributed by atoms with Gasteiger partial charge in [-0.25, -0.2) is 4.98 Å². The maximum absolute atomic E-state index is 4.74. The van der Waals surface area contributed by atoms with Crippen LogP contribution < -0.4 is 10.2 Å². The largest absolute Gasteiger partial charge is 0.353 e. The fraction of sp³-hybridized carbons (Fsp3) is 0.706. The van der Waals surface area contributed by atoms with E-state index in [1.54, 1.807) is 0 Å². The fourth-order valence-electron chi connectivity index (χ4n) is 2.62. The predicted octanol–water partition coefficient (Wildman–Crippen LogP) is 2.66. The Hall–Kier alpha value is -1.13. The quantitative estimate of drug-likeness (QED) is 0.798. The van der Waals surface area contributed by atoms with Crippen LogP contribution in [0.2, 0.25) is 0 Å². The van der Waals surface area contributed by atoms with E-state index in [0.717, 1.165) is 31.1 Å². The molecule has 1 rings (SSSR count). The molecule has 0 amide bonds. The molecule has 1 N–H and O–H groups in total. The molecule has 1 atom stereocenters. The Morgan fingerprint density at radius 1 is 1.19 bits per heavy atom. The summed E-state index contributed by atoms with van der Waals surface area (Å²) in [7, 11) is 4.23. The van der Waals surface area contributed by atoms with Gasteiger partial charge in [-0.05, 0) is 52.6 Å². The average molecular weight is 292 g/mol. The Bertz CT molecular complexity index is 429. The predicted molar refractivity (Wildman–Crippen MR) is 92.0 cm³/mol. The van der Waals surface area contributed by atoms with Crippen LogP contribution in [0, 0.1) is 6.92 Å². The molecule has 4 heteroatoms. The number of rotatable bonds is 8. The third-order valence-electron chi connectivity index (χ3n) is 3.51. The number of nitrogens with zero attached hydrogens (tertiary/aromatic N) is 3. The number of nitrogens with one attached hydrogen (secondary N) is 1. The highest BCUT2D eigenvalue weighted by atomic mass is 15.2. The first-order valence-electron chi connectivity index (χ1n) is 7.95. The van der Waals surface area contributed by atoms with Crippen molar-refractivity contribution in [2.45, 2.75) is 53.2 Å². The number of anilines is 1. The zero-order valence-electron chi connectivity index (χ0n) is 14.8. The van der Waals surface area contributed by atoms with Gasteiger partial charge in [-0.3, -0.25) is 0 Å². The van der Waals surface area contributed by atoms with E-state index in [1.807, 2.05) is 0 Å². The van der Waals surface area contributed by atoms with Gasteiger partial charge in [-0.2, -0.15) is 0 Å². The first kappa shape index (κ1) is 17.9. The summed E-state index contributed by atoms with van der Waals surface area (Å²) >= 11 is 0. The van der Waals surface area contributed by atoms with E-state index in [0.29, 0.717) is 12.1 Å². The SMILES string of the molecule is CCN(c1cc(CNC(C)C)cc(C)n1)C(C)CN(C)C. The first-order valence-corrected chi connectivity index (χ1v) is 7.95. The standard InChI is InChI=1S/C17H32N4/c1-8-21(15(5)12-20(6)7)17-10-16(9-14(4)19-17)11-18-13(2)3/h9-10,13,15,18H,8,11-12H2,1-7H3. The van der Waals surface area contributed by atoms with Crippen LogP contribution in [0.4, 0.5) is 5.82 Å². The van der Waals surface area contributed by atoms with Gasteiger partial charge in [-0.1, -0.05) is 13.8 Å². The van der Waals surface area contributed by atoms with Gasteiger partial charge in [0.25, 0.3) is 0 Å². The lowest BCUT2D eigenvalue weighted by atomic mass is 10.2. The third-order valence-corrected chi connectivity index (χ3v) is 3.51. The second kappa shape index (κ2) is 8.35. The summed E-state index contributed by atoms with van der Waals surface area (Å²) in [4.78, 5) is 9.35. The molecular weight excluding hydrogens is 260 g/mol. The third kappa shape index (κ3) is 6.02. The molecule has 1 heterocycles. The molecule has 0 bridgehead atoms. The summed E-state index contributed by atoms with van der Waals surface area (Å²) in [6, 6.07) is 5.34. The number of hydrogen-bond donors (Lipinski definition) is 1. The van der Waals surface area contributed by atoms with Crippen molar-refractivity contribution < 1.29 is 0 Å². The summed E-state index contributed by atoms with van der Waals surface area (Å²) in [5.74, 6) is 1.09. The Kier molecular flexibility index (Phi) is 7.12. The monoisotopic (exact) mass is 292 g/mol. The lowest BCUT2D eigenvalue weighted by molar-refractivity contribution is 0.372. The number of aryl methyl sites for hydroxylation is 1. The molecule has 0 aromatic carbocycles. The number of pyridine rings is 1. The van der Waals surface area contributed by atoms with Crippen LogP contribution in [-0.4, -0.2) is 49.2 Å². The maximum atomic E-state index is 4.74. The summed E-state index contributed by atoms with van der Waals surface area (Å²) in [5.41, 5.74) is 2.39. The van der Waals surface area contributed by atoms with Gasteiger partial charge < -0.3 is 15.1 Å². The van der Waals surface area contributed by atoms with E-state index in [9.17, 15) is 0 Å². The molecule has 0 saturated carbocycles. The van der Waals surface area contributed by atoms with Crippen molar-refractivity contribution in [2.75, 3.05) is 32.1 Å². The minimum Gasteiger partial charge on any atom is -0.353 e. The van der Waals surface area contributed by atoms with Gasteiger partial charge in [-0.15, -0.1) is 0 Å². The molecule has 120 valence electrons. The van der Waals surface area contributed by atoms with Crippen LogP contribution in [0.5, 0.6) is 0 Å². The maximum Gasteiger partial charge on any atom is 0.129 e. The zero-order chi connectivity index (χ0) is 16.0. The number of likely N-dealkylation sites (N-methyl/N-ethyl adjacent to an activating group) is 2. The first-order chi connectivity index (χ1) is 9.83. The van der Waals surface area contributed by atoms with E-state index in [1.165, 1.54) is 5.56 Å². The van der Waals surface area contributed by atoms with Crippen LogP contribution in [-0.2, 0) is 6.54 Å². The van der Waals surface area contributed by atoms with Crippen LogP contribution in [0.3, 0.4) is 0 Å². The minimum absolute atomic E-state index is 0.449. The van der Waals surface area contributed by atoms with Gasteiger partial charge >= 0.3 is 0 Å². The molecule has 0 spiro atoms. The number of hydrogen-bond acceptors (Lipinski definition) is 4. The van der Waals surface area contributed by atoms with Gasteiger partial charge in [0.1, 0.15) is 5.82 Å². The highest BCUT2D eigenvalue weighted by Crippen LogP contribution is 2.18. The van der Waals surface area contributed by atoms with Crippen LogP contribution >= 0.6 is 0 Å². The normalized spacial score (nSPS) is 13.0. The summed E-state index contributed by atoms with van der Waals surface area (Å²) in [6.07, 6.45) is 0. The van der Waals surface area contributed by atoms with Gasteiger partial charge in [0.05, 0.1) is 0 Å². The average Bonchev–Trinajstić information content (AvgIpc) is 2.35. The molecule has 0 aliphatic heterocycles. The number of aromatic nitrogens is 1. The van der Waals surface area contributed by atoms with Gasteiger partial charge in [0, 0.05) is 37.4 Å². The van der Waals surface area contributed by atoms with E-state index in [-0.39, 0.29) is 0 Å². The van der Waals surface area contributed by atoms with E-state index < -0.39 is 0 Å². The van der Waals surface area contributed by atoms with Gasteiger partial charge in [0.2, 0.25) is 0 Å². The van der Waals surface area contributed by atoms with E-state index in [2.05, 4.69) is 76.0 Å². The second-order valence-electron chi connectivity index (χ2n) is 6.41. The van der Waals surface area contributed by atoms with Crippen molar-refractivity contribution >= 4 is 5.82 Å². The lowest BCUT2D eigenvalue weighted by Gasteiger charge is -2.31. The molecule has 1 unspecified atom stereocenters. The topological polar surface area (TPSA) is 31.4 Å². The highest BCUT2D eigenvalue weighted by molar-refractivity contribution is 5.43. The van der Waals surface area contributed by atoms with Crippen LogP contribution in [0.25, 0.3) is 0 Å². The molecule has 4 nitrogen and oxygen atoms in total. The fourth-order valence-corrected chi connectivity index (χ4v) is 2.62. The molecule has 0 radical (unpaired) electrons. The van der Waals surface area contributed by atoms with E-state index in [4.69, 9.17) is 4.98 Å². The highest BCUT2D eigenvalue weighted by Gasteiger charge is 2.15. The molecule has 0 aliphatic rings. The van der Waals surface area contributed by atoms with Crippen molar-refractivity contribution in [1.82, 2.24) is 15.2 Å². The van der Waals surface area contributed by atoms with Crippen molar-refractivity contribution in [3.63, 3.8) is 0 Å². The zero-order valence-corrected chi connectivity index (χ0v) is 14.8.